The van der Waals surface area contributed by atoms with Gasteiger partial charge in [0.25, 0.3) is 0 Å². The van der Waals surface area contributed by atoms with Crippen LogP contribution in [0.1, 0.15) is 17.2 Å². The van der Waals surface area contributed by atoms with Crippen molar-refractivity contribution in [3.8, 4) is 5.75 Å². The summed E-state index contributed by atoms with van der Waals surface area (Å²) in [7, 11) is 1.67. The zero-order valence-corrected chi connectivity index (χ0v) is 12.6. The van der Waals surface area contributed by atoms with Gasteiger partial charge in [0.05, 0.1) is 13.2 Å². The molecule has 0 radical (unpaired) electrons. The van der Waals surface area contributed by atoms with E-state index >= 15 is 0 Å². The van der Waals surface area contributed by atoms with Crippen LogP contribution in [0.3, 0.4) is 0 Å². The number of ether oxygens (including phenoxy) is 1. The molecular weight excluding hydrogens is 268 g/mol. The van der Waals surface area contributed by atoms with E-state index in [9.17, 15) is 0 Å². The summed E-state index contributed by atoms with van der Waals surface area (Å²) in [5.41, 5.74) is 5.28. The standard InChI is InChI=1S/C16H20N2OS/c1-12-5-3-8-15(9-12)20-11-16(18-17)13-6-4-7-14(10-13)19-2/h3-10,16,18H,11,17H2,1-2H3. The maximum atomic E-state index is 5.69. The van der Waals surface area contributed by atoms with Crippen LogP contribution in [0.4, 0.5) is 0 Å². The smallest absolute Gasteiger partial charge is 0.119 e. The molecular formula is C16H20N2OS. The van der Waals surface area contributed by atoms with Crippen LogP contribution < -0.4 is 16.0 Å². The minimum Gasteiger partial charge on any atom is -0.497 e. The normalized spacial score (nSPS) is 12.2. The summed E-state index contributed by atoms with van der Waals surface area (Å²) in [5.74, 6) is 7.40. The largest absolute Gasteiger partial charge is 0.497 e. The highest BCUT2D eigenvalue weighted by molar-refractivity contribution is 7.99. The maximum absolute atomic E-state index is 5.69. The van der Waals surface area contributed by atoms with Gasteiger partial charge < -0.3 is 4.74 Å². The molecule has 0 fully saturated rings. The van der Waals surface area contributed by atoms with Gasteiger partial charge >= 0.3 is 0 Å². The van der Waals surface area contributed by atoms with E-state index < -0.39 is 0 Å². The van der Waals surface area contributed by atoms with Gasteiger partial charge in [-0.1, -0.05) is 29.8 Å². The molecule has 0 spiro atoms. The molecule has 0 aliphatic rings. The number of aryl methyl sites for hydroxylation is 1. The van der Waals surface area contributed by atoms with Gasteiger partial charge in [-0.05, 0) is 36.8 Å². The zero-order chi connectivity index (χ0) is 14.4. The Labute approximate surface area is 124 Å². The summed E-state index contributed by atoms with van der Waals surface area (Å²) >= 11 is 1.79. The van der Waals surface area contributed by atoms with Crippen molar-refractivity contribution in [2.24, 2.45) is 5.84 Å². The van der Waals surface area contributed by atoms with Gasteiger partial charge in [0.15, 0.2) is 0 Å². The molecule has 0 amide bonds. The monoisotopic (exact) mass is 288 g/mol. The van der Waals surface area contributed by atoms with Gasteiger partial charge in [0.1, 0.15) is 5.75 Å². The van der Waals surface area contributed by atoms with Crippen molar-refractivity contribution in [3.05, 3.63) is 59.7 Å². The Morgan fingerprint density at radius 3 is 2.70 bits per heavy atom. The summed E-state index contributed by atoms with van der Waals surface area (Å²) in [6.45, 7) is 2.10. The van der Waals surface area contributed by atoms with Crippen LogP contribution in [-0.2, 0) is 0 Å². The third-order valence-electron chi connectivity index (χ3n) is 3.10. The Kier molecular flexibility index (Phi) is 5.47. The van der Waals surface area contributed by atoms with E-state index in [4.69, 9.17) is 10.6 Å². The zero-order valence-electron chi connectivity index (χ0n) is 11.8. The van der Waals surface area contributed by atoms with Crippen molar-refractivity contribution in [2.45, 2.75) is 17.9 Å². The highest BCUT2D eigenvalue weighted by atomic mass is 32.2. The van der Waals surface area contributed by atoms with E-state index in [-0.39, 0.29) is 6.04 Å². The van der Waals surface area contributed by atoms with Crippen molar-refractivity contribution >= 4 is 11.8 Å². The minimum atomic E-state index is 0.0932. The summed E-state index contributed by atoms with van der Waals surface area (Å²) in [4.78, 5) is 1.26. The van der Waals surface area contributed by atoms with Crippen molar-refractivity contribution < 1.29 is 4.74 Å². The van der Waals surface area contributed by atoms with Crippen molar-refractivity contribution in [2.75, 3.05) is 12.9 Å². The average molecular weight is 288 g/mol. The SMILES string of the molecule is COc1cccc(C(CSc2cccc(C)c2)NN)c1. The van der Waals surface area contributed by atoms with E-state index in [0.717, 1.165) is 17.1 Å². The Morgan fingerprint density at radius 1 is 1.20 bits per heavy atom. The molecule has 3 nitrogen and oxygen atoms in total. The summed E-state index contributed by atoms with van der Waals surface area (Å²) in [6.07, 6.45) is 0. The van der Waals surface area contributed by atoms with E-state index in [1.54, 1.807) is 18.9 Å². The highest BCUT2D eigenvalue weighted by Crippen LogP contribution is 2.26. The first kappa shape index (κ1) is 14.9. The number of thioether (sulfide) groups is 1. The average Bonchev–Trinajstić information content (AvgIpc) is 2.48. The van der Waals surface area contributed by atoms with E-state index in [1.807, 2.05) is 18.2 Å². The molecule has 2 aromatic rings. The van der Waals surface area contributed by atoms with Crippen LogP contribution in [0.2, 0.25) is 0 Å². The second-order valence-electron chi connectivity index (χ2n) is 4.62. The van der Waals surface area contributed by atoms with Gasteiger partial charge in [-0.25, -0.2) is 0 Å². The number of benzene rings is 2. The van der Waals surface area contributed by atoms with E-state index in [2.05, 4.69) is 42.7 Å². The Morgan fingerprint density at radius 2 is 2.00 bits per heavy atom. The molecule has 0 saturated carbocycles. The van der Waals surface area contributed by atoms with Crippen molar-refractivity contribution in [1.82, 2.24) is 5.43 Å². The number of methoxy groups -OCH3 is 1. The summed E-state index contributed by atoms with van der Waals surface area (Å²) in [6, 6.07) is 16.6. The summed E-state index contributed by atoms with van der Waals surface area (Å²) < 4.78 is 5.25. The lowest BCUT2D eigenvalue weighted by atomic mass is 10.1. The van der Waals surface area contributed by atoms with Gasteiger partial charge in [0, 0.05) is 10.6 Å². The first-order chi connectivity index (χ1) is 9.72. The Balaban J connectivity index is 2.05. The van der Waals surface area contributed by atoms with E-state index in [0.29, 0.717) is 0 Å². The second kappa shape index (κ2) is 7.33. The first-order valence-corrected chi connectivity index (χ1v) is 7.51. The Hall–Kier alpha value is -1.49. The molecule has 0 aromatic heterocycles. The van der Waals surface area contributed by atoms with Crippen LogP contribution >= 0.6 is 11.8 Å². The van der Waals surface area contributed by atoms with Crippen molar-refractivity contribution in [3.63, 3.8) is 0 Å². The van der Waals surface area contributed by atoms with Gasteiger partial charge in [-0.15, -0.1) is 11.8 Å². The molecule has 0 bridgehead atoms. The lowest BCUT2D eigenvalue weighted by Crippen LogP contribution is -2.29. The Bertz CT molecular complexity index is 560. The summed E-state index contributed by atoms with van der Waals surface area (Å²) in [5, 5.41) is 0. The third kappa shape index (κ3) is 4.00. The number of rotatable bonds is 6. The molecule has 0 saturated heterocycles. The molecule has 106 valence electrons. The van der Waals surface area contributed by atoms with Crippen molar-refractivity contribution in [1.29, 1.82) is 0 Å². The first-order valence-electron chi connectivity index (χ1n) is 6.52. The molecule has 1 atom stereocenters. The molecule has 3 N–H and O–H groups in total. The second-order valence-corrected chi connectivity index (χ2v) is 5.72. The van der Waals surface area contributed by atoms with Gasteiger partial charge in [-0.3, -0.25) is 11.3 Å². The van der Waals surface area contributed by atoms with Gasteiger partial charge in [0.2, 0.25) is 0 Å². The van der Waals surface area contributed by atoms with Crippen LogP contribution in [0, 0.1) is 6.92 Å². The predicted molar refractivity (Wildman–Crippen MR) is 85.0 cm³/mol. The molecule has 2 rings (SSSR count). The lowest BCUT2D eigenvalue weighted by Gasteiger charge is -2.16. The molecule has 4 heteroatoms. The third-order valence-corrected chi connectivity index (χ3v) is 4.19. The molecule has 20 heavy (non-hydrogen) atoms. The lowest BCUT2D eigenvalue weighted by molar-refractivity contribution is 0.413. The maximum Gasteiger partial charge on any atom is 0.119 e. The fourth-order valence-electron chi connectivity index (χ4n) is 1.98. The number of hydrogen-bond donors (Lipinski definition) is 2. The van der Waals surface area contributed by atoms with Crippen LogP contribution in [-0.4, -0.2) is 12.9 Å². The van der Waals surface area contributed by atoms with Crippen LogP contribution in [0.25, 0.3) is 0 Å². The molecule has 0 aliphatic carbocycles. The molecule has 2 aromatic carbocycles. The van der Waals surface area contributed by atoms with Crippen LogP contribution in [0.5, 0.6) is 5.75 Å². The quantitative estimate of drug-likeness (QED) is 0.486. The number of hydrogen-bond acceptors (Lipinski definition) is 4. The number of hydrazine groups is 1. The van der Waals surface area contributed by atoms with Crippen LogP contribution in [0.15, 0.2) is 53.4 Å². The number of nitrogens with two attached hydrogens (primary N) is 1. The number of nitrogens with one attached hydrogen (secondary N) is 1. The highest BCUT2D eigenvalue weighted by Gasteiger charge is 2.11. The van der Waals surface area contributed by atoms with Gasteiger partial charge in [-0.2, -0.15) is 0 Å². The fraction of sp³-hybridized carbons (Fsp3) is 0.250. The predicted octanol–water partition coefficient (Wildman–Crippen LogP) is 3.30. The minimum absolute atomic E-state index is 0.0932. The van der Waals surface area contributed by atoms with E-state index in [1.165, 1.54) is 10.5 Å². The topological polar surface area (TPSA) is 47.3 Å². The molecule has 0 heterocycles. The molecule has 0 aliphatic heterocycles. The fourth-order valence-corrected chi connectivity index (χ4v) is 3.08. The molecule has 1 unspecified atom stereocenters.